The summed E-state index contributed by atoms with van der Waals surface area (Å²) in [7, 11) is 0. The van der Waals surface area contributed by atoms with E-state index in [0.717, 1.165) is 16.0 Å². The van der Waals surface area contributed by atoms with Gasteiger partial charge in [0.1, 0.15) is 0 Å². The number of fused-ring (bicyclic) bond motifs is 3. The number of ether oxygens (including phenoxy) is 1. The third-order valence-electron chi connectivity index (χ3n) is 7.18. The normalized spacial score (nSPS) is 24.4. The van der Waals surface area contributed by atoms with Gasteiger partial charge in [0.05, 0.1) is 23.6 Å². The highest BCUT2D eigenvalue weighted by Crippen LogP contribution is 2.57. The van der Waals surface area contributed by atoms with E-state index >= 15 is 0 Å². The van der Waals surface area contributed by atoms with Gasteiger partial charge in [-0.05, 0) is 54.8 Å². The van der Waals surface area contributed by atoms with Gasteiger partial charge in [0.2, 0.25) is 29.0 Å². The summed E-state index contributed by atoms with van der Waals surface area (Å²) in [6, 6.07) is 18.6. The summed E-state index contributed by atoms with van der Waals surface area (Å²) in [5.74, 6) is -4.55. The zero-order valence-electron chi connectivity index (χ0n) is 18.9. The predicted octanol–water partition coefficient (Wildman–Crippen LogP) is 4.65. The number of carbonyl (C=O) groups excluding carboxylic acids is 4. The molecule has 7 heteroatoms. The van der Waals surface area contributed by atoms with Crippen molar-refractivity contribution >= 4 is 40.7 Å². The van der Waals surface area contributed by atoms with Crippen molar-refractivity contribution in [3.63, 3.8) is 0 Å². The van der Waals surface area contributed by atoms with E-state index in [2.05, 4.69) is 0 Å². The van der Waals surface area contributed by atoms with Crippen LogP contribution in [0.1, 0.15) is 43.5 Å². The second kappa shape index (κ2) is 7.44. The molecule has 1 aliphatic carbocycles. The van der Waals surface area contributed by atoms with E-state index in [1.165, 1.54) is 0 Å². The van der Waals surface area contributed by atoms with Crippen LogP contribution in [0.5, 0.6) is 0 Å². The molecule has 0 aromatic heterocycles. The molecule has 0 radical (unpaired) electrons. The Labute approximate surface area is 206 Å². The van der Waals surface area contributed by atoms with Gasteiger partial charge in [-0.15, -0.1) is 0 Å². The number of ketones is 2. The van der Waals surface area contributed by atoms with Gasteiger partial charge in [0.25, 0.3) is 0 Å². The van der Waals surface area contributed by atoms with Crippen molar-refractivity contribution in [3.05, 3.63) is 99.6 Å². The summed E-state index contributed by atoms with van der Waals surface area (Å²) in [4.78, 5) is 56.5. The Balaban J connectivity index is 1.55. The van der Waals surface area contributed by atoms with Gasteiger partial charge < -0.3 is 4.74 Å². The molecular weight excluding hydrogens is 466 g/mol. The smallest absolute Gasteiger partial charge is 0.241 e. The van der Waals surface area contributed by atoms with Crippen LogP contribution in [0.2, 0.25) is 5.02 Å². The number of amides is 2. The number of halogens is 1. The average Bonchev–Trinajstić information content (AvgIpc) is 3.39. The Hall–Kier alpha value is -3.61. The van der Waals surface area contributed by atoms with E-state index in [1.54, 1.807) is 60.7 Å². The Bertz CT molecular complexity index is 1410. The Morgan fingerprint density at radius 1 is 0.800 bits per heavy atom. The summed E-state index contributed by atoms with van der Waals surface area (Å²) in [5, 5.41) is 0.490. The molecule has 0 bridgehead atoms. The third-order valence-corrected chi connectivity index (χ3v) is 7.43. The van der Waals surface area contributed by atoms with E-state index in [0.29, 0.717) is 16.3 Å². The second-order valence-corrected chi connectivity index (χ2v) is 9.83. The van der Waals surface area contributed by atoms with Crippen LogP contribution < -0.4 is 4.90 Å². The average molecular weight is 486 g/mol. The standard InChI is InChI=1S/C28H20ClNO5/c1-14-11-15(2)13-18(12-14)30-26(33)21-22(27(30)34)28(35-23(21)16-7-9-17(29)10-8-16)24(31)19-5-3-4-6-20(19)25(28)32/h3-13,21-23H,1-2H3/t21-,22+,23-/m0/s1. The molecular formula is C28H20ClNO5. The number of anilines is 1. The number of hydrogen-bond acceptors (Lipinski definition) is 5. The number of Topliss-reactive ketones (excluding diaryl/α,β-unsaturated/α-hetero) is 2. The molecule has 3 aromatic rings. The van der Waals surface area contributed by atoms with E-state index in [1.807, 2.05) is 19.9 Å². The van der Waals surface area contributed by atoms with Gasteiger partial charge in [0, 0.05) is 16.1 Å². The van der Waals surface area contributed by atoms with Gasteiger partial charge in [-0.2, -0.15) is 0 Å². The van der Waals surface area contributed by atoms with Crippen molar-refractivity contribution < 1.29 is 23.9 Å². The molecule has 2 amide bonds. The van der Waals surface area contributed by atoms with Gasteiger partial charge in [-0.25, -0.2) is 4.90 Å². The molecule has 2 fully saturated rings. The number of nitrogens with zero attached hydrogens (tertiary/aromatic N) is 1. The minimum Gasteiger partial charge on any atom is -0.349 e. The van der Waals surface area contributed by atoms with Crippen molar-refractivity contribution in [2.75, 3.05) is 4.90 Å². The van der Waals surface area contributed by atoms with Crippen LogP contribution in [0.4, 0.5) is 5.69 Å². The molecule has 6 nitrogen and oxygen atoms in total. The number of aryl methyl sites for hydroxylation is 2. The molecule has 3 atom stereocenters. The highest BCUT2D eigenvalue weighted by atomic mass is 35.5. The Morgan fingerprint density at radius 2 is 1.37 bits per heavy atom. The molecule has 1 spiro atoms. The molecule has 2 heterocycles. The quantitative estimate of drug-likeness (QED) is 0.390. The number of rotatable bonds is 2. The molecule has 2 aliphatic heterocycles. The molecule has 6 rings (SSSR count). The van der Waals surface area contributed by atoms with Gasteiger partial charge in [-0.1, -0.05) is 54.1 Å². The monoisotopic (exact) mass is 485 g/mol. The van der Waals surface area contributed by atoms with Crippen LogP contribution in [0.15, 0.2) is 66.7 Å². The molecule has 0 saturated carbocycles. The first-order valence-electron chi connectivity index (χ1n) is 11.3. The Morgan fingerprint density at radius 3 is 1.94 bits per heavy atom. The summed E-state index contributed by atoms with van der Waals surface area (Å²) in [6.45, 7) is 3.76. The van der Waals surface area contributed by atoms with Gasteiger partial charge >= 0.3 is 0 Å². The molecule has 0 unspecified atom stereocenters. The van der Waals surface area contributed by atoms with Gasteiger partial charge in [-0.3, -0.25) is 19.2 Å². The number of hydrogen-bond donors (Lipinski definition) is 0. The zero-order valence-corrected chi connectivity index (χ0v) is 19.7. The Kier molecular flexibility index (Phi) is 4.66. The number of benzene rings is 3. The van der Waals surface area contributed by atoms with Crippen LogP contribution in [0.3, 0.4) is 0 Å². The zero-order chi connectivity index (χ0) is 24.6. The van der Waals surface area contributed by atoms with Crippen LogP contribution >= 0.6 is 11.6 Å². The van der Waals surface area contributed by atoms with Crippen LogP contribution in [0.25, 0.3) is 0 Å². The summed E-state index contributed by atoms with van der Waals surface area (Å²) in [6.07, 6.45) is -0.966. The fraction of sp³-hybridized carbons (Fsp3) is 0.214. The lowest BCUT2D eigenvalue weighted by molar-refractivity contribution is -0.127. The molecule has 0 N–H and O–H groups in total. The fourth-order valence-electron chi connectivity index (χ4n) is 5.80. The maximum Gasteiger partial charge on any atom is 0.241 e. The van der Waals surface area contributed by atoms with Crippen LogP contribution in [-0.4, -0.2) is 29.0 Å². The molecule has 3 aromatic carbocycles. The first-order valence-corrected chi connectivity index (χ1v) is 11.7. The summed E-state index contributed by atoms with van der Waals surface area (Å²) < 4.78 is 6.27. The molecule has 3 aliphatic rings. The highest BCUT2D eigenvalue weighted by molar-refractivity contribution is 6.37. The molecule has 35 heavy (non-hydrogen) atoms. The number of imide groups is 1. The van der Waals surface area contributed by atoms with E-state index in [-0.39, 0.29) is 11.1 Å². The van der Waals surface area contributed by atoms with E-state index in [4.69, 9.17) is 16.3 Å². The fourth-order valence-corrected chi connectivity index (χ4v) is 5.93. The SMILES string of the molecule is Cc1cc(C)cc(N2C(=O)[C@@H]3[C@H](c4ccc(Cl)cc4)OC4(C(=O)c5ccccc5C4=O)[C@H]3C2=O)c1. The topological polar surface area (TPSA) is 80.8 Å². The van der Waals surface area contributed by atoms with Crippen LogP contribution in [0, 0.1) is 25.7 Å². The van der Waals surface area contributed by atoms with Crippen molar-refractivity contribution in [2.45, 2.75) is 25.6 Å². The van der Waals surface area contributed by atoms with Crippen molar-refractivity contribution in [3.8, 4) is 0 Å². The predicted molar refractivity (Wildman–Crippen MR) is 129 cm³/mol. The van der Waals surface area contributed by atoms with Crippen molar-refractivity contribution in [2.24, 2.45) is 11.8 Å². The minimum absolute atomic E-state index is 0.207. The van der Waals surface area contributed by atoms with Crippen LogP contribution in [-0.2, 0) is 14.3 Å². The van der Waals surface area contributed by atoms with Gasteiger partial charge in [0.15, 0.2) is 0 Å². The largest absolute Gasteiger partial charge is 0.349 e. The minimum atomic E-state index is -2.08. The molecule has 174 valence electrons. The molecule has 2 saturated heterocycles. The van der Waals surface area contributed by atoms with E-state index in [9.17, 15) is 19.2 Å². The lowest BCUT2D eigenvalue weighted by Crippen LogP contribution is -2.51. The van der Waals surface area contributed by atoms with E-state index < -0.39 is 46.9 Å². The number of carbonyl (C=O) groups is 4. The lowest BCUT2D eigenvalue weighted by Gasteiger charge is -2.27. The maximum atomic E-state index is 14.0. The first-order chi connectivity index (χ1) is 16.7. The van der Waals surface area contributed by atoms with Crippen molar-refractivity contribution in [1.82, 2.24) is 0 Å². The third kappa shape index (κ3) is 2.87. The van der Waals surface area contributed by atoms with Crippen molar-refractivity contribution in [1.29, 1.82) is 0 Å². The maximum absolute atomic E-state index is 14.0. The first kappa shape index (κ1) is 21.9. The highest BCUT2D eigenvalue weighted by Gasteiger charge is 2.74. The second-order valence-electron chi connectivity index (χ2n) is 9.39. The lowest BCUT2D eigenvalue weighted by atomic mass is 9.77. The summed E-state index contributed by atoms with van der Waals surface area (Å²) in [5.41, 5.74) is 1.10. The summed E-state index contributed by atoms with van der Waals surface area (Å²) >= 11 is 6.06.